The van der Waals surface area contributed by atoms with Gasteiger partial charge in [-0.15, -0.1) is 0 Å². The van der Waals surface area contributed by atoms with Crippen molar-refractivity contribution in [3.8, 4) is 0 Å². The van der Waals surface area contributed by atoms with Crippen molar-refractivity contribution < 1.29 is 212 Å². The van der Waals surface area contributed by atoms with Gasteiger partial charge in [-0.2, -0.15) is 0 Å². The summed E-state index contributed by atoms with van der Waals surface area (Å²) in [6, 6.07) is -1.57. The van der Waals surface area contributed by atoms with E-state index in [4.69, 9.17) is 76.8 Å². The van der Waals surface area contributed by atoms with Gasteiger partial charge in [0.25, 0.3) is 0 Å². The minimum atomic E-state index is -5.51. The van der Waals surface area contributed by atoms with E-state index in [-0.39, 0.29) is 0 Å². The molecule has 8 rings (SSSR count). The molecule has 45 heteroatoms. The number of rotatable bonds is 24. The average molecular weight is 1390 g/mol. The van der Waals surface area contributed by atoms with Gasteiger partial charge in [-0.1, -0.05) is 0 Å². The SMILES string of the molecule is N[C@H]1C(O)O[C@H](CO)[C@@H](O[C@H]2O[C@H](CO[C@H]3O[C@H](CO)[C@@H](O)[C@H](O)[C@@H]3O[C@H]3O[C@H](COP(=O)(O)O)[C@@H](O)[C@H](O)[C@@H]3O[C@H]3O[C@H](CO)[C@@H](O)[C@H](O[C@H]4O[C@H](CO)[C@@H](O)[C@H](O)[C@H]4O)[C@@H]3O[C@H]3O[C@H](CO)[C@@H](O)[C@H](O)[C@@H]3O[C@H]3O[C@H](CO)[C@@H](O)[C@H](O)[C@@H]3O)[C@@H](O)[C@H](O)[C@@H]2O)[C@@H]1O. The molecule has 93 heavy (non-hydrogen) atoms. The molecule has 8 heterocycles. The summed E-state index contributed by atoms with van der Waals surface area (Å²) in [4.78, 5) is 19.3. The van der Waals surface area contributed by atoms with Crippen LogP contribution in [0, 0.1) is 0 Å². The lowest BCUT2D eigenvalue weighted by molar-refractivity contribution is -0.423. The predicted molar refractivity (Wildman–Crippen MR) is 277 cm³/mol. The molecule has 44 nitrogen and oxygen atoms in total. The van der Waals surface area contributed by atoms with Crippen molar-refractivity contribution in [1.82, 2.24) is 0 Å². The molecule has 0 bridgehead atoms. The molecule has 8 aliphatic heterocycles. The number of ether oxygens (including phenoxy) is 15. The number of aliphatic hydroxyl groups is 24. The van der Waals surface area contributed by atoms with Crippen LogP contribution >= 0.6 is 7.82 Å². The van der Waals surface area contributed by atoms with Crippen LogP contribution in [0.15, 0.2) is 0 Å². The largest absolute Gasteiger partial charge is 0.469 e. The van der Waals surface area contributed by atoms with Crippen LogP contribution in [0.3, 0.4) is 0 Å². The third kappa shape index (κ3) is 16.8. The van der Waals surface area contributed by atoms with E-state index in [1.165, 1.54) is 0 Å². The van der Waals surface area contributed by atoms with Gasteiger partial charge in [0.1, 0.15) is 189 Å². The second kappa shape index (κ2) is 32.9. The second-order valence-electron chi connectivity index (χ2n) is 23.1. The molecule has 544 valence electrons. The number of phosphoric ester groups is 1. The average Bonchev–Trinajstić information content (AvgIpc) is 0.804. The van der Waals surface area contributed by atoms with Crippen LogP contribution in [0.1, 0.15) is 0 Å². The topological polar surface area (TPSA) is 717 Å². The number of phosphoric acid groups is 1. The Labute approximate surface area is 523 Å². The lowest BCUT2D eigenvalue weighted by atomic mass is 9.95. The van der Waals surface area contributed by atoms with Gasteiger partial charge in [-0.25, -0.2) is 4.57 Å². The van der Waals surface area contributed by atoms with Gasteiger partial charge in [0.05, 0.1) is 58.9 Å². The summed E-state index contributed by atoms with van der Waals surface area (Å²) in [5, 5.41) is 261. The highest BCUT2D eigenvalue weighted by atomic mass is 31.2. The van der Waals surface area contributed by atoms with Crippen LogP contribution < -0.4 is 5.73 Å². The maximum absolute atomic E-state index is 12.1. The summed E-state index contributed by atoms with van der Waals surface area (Å²) >= 11 is 0. The zero-order valence-electron chi connectivity index (χ0n) is 48.3. The van der Waals surface area contributed by atoms with Crippen molar-refractivity contribution >= 4 is 7.82 Å². The van der Waals surface area contributed by atoms with E-state index in [9.17, 15) is 137 Å². The smallest absolute Gasteiger partial charge is 0.394 e. The molecule has 0 aromatic carbocycles. The fraction of sp³-hybridized carbons (Fsp3) is 1.00. The van der Waals surface area contributed by atoms with Crippen molar-refractivity contribution in [1.29, 1.82) is 0 Å². The molecule has 40 atom stereocenters. The van der Waals surface area contributed by atoms with E-state index in [2.05, 4.69) is 4.52 Å². The van der Waals surface area contributed by atoms with Crippen molar-refractivity contribution in [2.24, 2.45) is 5.73 Å². The van der Waals surface area contributed by atoms with E-state index >= 15 is 0 Å². The molecule has 8 saturated heterocycles. The van der Waals surface area contributed by atoms with Crippen LogP contribution in [-0.2, 0) is 80.1 Å². The van der Waals surface area contributed by atoms with Crippen molar-refractivity contribution in [3.05, 3.63) is 0 Å². The number of aliphatic hydroxyl groups excluding tert-OH is 24. The quantitative estimate of drug-likeness (QED) is 0.0399. The van der Waals surface area contributed by atoms with Crippen LogP contribution in [0.25, 0.3) is 0 Å². The van der Waals surface area contributed by atoms with Gasteiger partial charge in [-0.05, 0) is 0 Å². The van der Waals surface area contributed by atoms with Gasteiger partial charge in [0, 0.05) is 0 Å². The molecule has 0 aromatic rings. The van der Waals surface area contributed by atoms with Gasteiger partial charge in [-0.3, -0.25) is 4.52 Å². The van der Waals surface area contributed by atoms with E-state index in [0.29, 0.717) is 0 Å². The Morgan fingerprint density at radius 1 is 0.280 bits per heavy atom. The first kappa shape index (κ1) is 77.3. The van der Waals surface area contributed by atoms with Crippen LogP contribution in [0.2, 0.25) is 0 Å². The van der Waals surface area contributed by atoms with Crippen molar-refractivity contribution in [3.63, 3.8) is 0 Å². The lowest BCUT2D eigenvalue weighted by Gasteiger charge is -2.51. The fourth-order valence-electron chi connectivity index (χ4n) is 11.5. The van der Waals surface area contributed by atoms with Crippen LogP contribution in [0.5, 0.6) is 0 Å². The first-order valence-electron chi connectivity index (χ1n) is 29.0. The molecule has 0 aliphatic carbocycles. The molecular weight excluding hydrogens is 1310 g/mol. The Bertz CT molecular complexity index is 2330. The Balaban J connectivity index is 1.16. The monoisotopic (exact) mass is 1390 g/mol. The molecule has 0 saturated carbocycles. The lowest BCUT2D eigenvalue weighted by Crippen LogP contribution is -2.70. The molecule has 0 spiro atoms. The van der Waals surface area contributed by atoms with Gasteiger partial charge < -0.3 is 209 Å². The molecule has 8 aliphatic rings. The van der Waals surface area contributed by atoms with E-state index in [1.807, 2.05) is 0 Å². The first-order valence-corrected chi connectivity index (χ1v) is 30.5. The summed E-state index contributed by atoms with van der Waals surface area (Å²) in [5.41, 5.74) is 5.80. The third-order valence-corrected chi connectivity index (χ3v) is 17.4. The Morgan fingerprint density at radius 3 is 1.00 bits per heavy atom. The van der Waals surface area contributed by atoms with E-state index in [1.54, 1.807) is 0 Å². The highest BCUT2D eigenvalue weighted by Crippen LogP contribution is 2.41. The normalized spacial score (nSPS) is 52.0. The zero-order valence-corrected chi connectivity index (χ0v) is 49.2. The third-order valence-electron chi connectivity index (χ3n) is 17.0. The Hall–Kier alpha value is -1.49. The summed E-state index contributed by atoms with van der Waals surface area (Å²) in [6.45, 7) is -8.98. The predicted octanol–water partition coefficient (Wildman–Crippen LogP) is -18.4. The molecule has 1 unspecified atom stereocenters. The fourth-order valence-corrected chi connectivity index (χ4v) is 11.8. The van der Waals surface area contributed by atoms with Gasteiger partial charge >= 0.3 is 7.82 Å². The maximum Gasteiger partial charge on any atom is 0.469 e. The van der Waals surface area contributed by atoms with E-state index in [0.717, 1.165) is 0 Å². The summed E-state index contributed by atoms with van der Waals surface area (Å²) in [6.07, 6.45) is -84.5. The molecule has 8 fully saturated rings. The molecular formula is C48H84NO43P. The summed E-state index contributed by atoms with van der Waals surface area (Å²) in [7, 11) is -5.51. The molecule has 0 radical (unpaired) electrons. The van der Waals surface area contributed by atoms with Crippen molar-refractivity contribution in [2.45, 2.75) is 246 Å². The highest BCUT2D eigenvalue weighted by molar-refractivity contribution is 7.46. The molecule has 0 amide bonds. The summed E-state index contributed by atoms with van der Waals surface area (Å²) in [5.74, 6) is 0. The second-order valence-corrected chi connectivity index (χ2v) is 24.3. The zero-order chi connectivity index (χ0) is 68.6. The minimum absolute atomic E-state index is 0.920. The van der Waals surface area contributed by atoms with Crippen LogP contribution in [0.4, 0.5) is 0 Å². The first-order chi connectivity index (χ1) is 43.8. The number of hydrogen-bond donors (Lipinski definition) is 27. The number of hydrogen-bond acceptors (Lipinski definition) is 42. The minimum Gasteiger partial charge on any atom is -0.394 e. The van der Waals surface area contributed by atoms with Crippen molar-refractivity contribution in [2.75, 3.05) is 52.9 Å². The van der Waals surface area contributed by atoms with Crippen LogP contribution in [-0.4, -0.2) is 431 Å². The van der Waals surface area contributed by atoms with E-state index < -0.39 is 306 Å². The summed E-state index contributed by atoms with van der Waals surface area (Å²) < 4.78 is 103. The molecule has 28 N–H and O–H groups in total. The Morgan fingerprint density at radius 2 is 0.570 bits per heavy atom. The number of nitrogens with two attached hydrogens (primary N) is 1. The standard InChI is InChI=1S/C48H84NO43P/c49-17-25(63)35(14(6-55)79-41(17)73)87-44-34(72)28(66)22(60)15(85-44)7-77-45-37(29(67)20(58)11(3-52)82-45)90-47-39(31(69)23(61)16(86-47)8-78-93(74,75)76)91-48-40(36(24(62)13(5-54)84-48)88-42-32(70)26(64)18(56)9(1-50)80-42)92-46-38(30(68)21(59)12(4-53)83-46)89-43-33(71)27(65)19(57)10(2-51)81-43/h9-48,50-73H,1-8,49H2,(H2,74,75,76)/t9-,10-,11-,12-,13-,14-,15-,16-,17-,18-,19-,20-,21-,22-,23-,24-,25-,26+,27+,28+,29+,30+,31+,32-,33+,34+,35-,36+,37+,38+,39+,40+,41?,42-,43-,44-,45+,46-,47-,48-/m1/s1. The van der Waals surface area contributed by atoms with Gasteiger partial charge in [0.15, 0.2) is 50.3 Å². The Kier molecular flexibility index (Phi) is 27.3. The molecule has 0 aromatic heterocycles. The van der Waals surface area contributed by atoms with Gasteiger partial charge in [0.2, 0.25) is 0 Å². The highest BCUT2D eigenvalue weighted by Gasteiger charge is 2.60. The maximum atomic E-state index is 12.1.